The van der Waals surface area contributed by atoms with Crippen molar-refractivity contribution in [3.05, 3.63) is 29.6 Å². The molecule has 3 N–H and O–H groups in total. The maximum Gasteiger partial charge on any atom is 0.337 e. The van der Waals surface area contributed by atoms with Gasteiger partial charge in [-0.1, -0.05) is 0 Å². The van der Waals surface area contributed by atoms with Gasteiger partial charge < -0.3 is 20.1 Å². The first kappa shape index (κ1) is 12.4. The van der Waals surface area contributed by atoms with Crippen LogP contribution in [0.5, 0.6) is 5.75 Å². The highest BCUT2D eigenvalue weighted by Crippen LogP contribution is 2.23. The van der Waals surface area contributed by atoms with Gasteiger partial charge in [0.1, 0.15) is 17.7 Å². The zero-order valence-corrected chi connectivity index (χ0v) is 8.42. The molecule has 0 saturated carbocycles. The second kappa shape index (κ2) is 4.91. The molecule has 2 atom stereocenters. The minimum absolute atomic E-state index is 0.296. The van der Waals surface area contributed by atoms with Crippen molar-refractivity contribution >= 4 is 5.97 Å². The summed E-state index contributed by atoms with van der Waals surface area (Å²) in [6.45, 7) is 0. The number of methoxy groups -OCH3 is 1. The van der Waals surface area contributed by atoms with Crippen molar-refractivity contribution in [2.24, 2.45) is 0 Å². The average molecular weight is 230 g/mol. The fourth-order valence-corrected chi connectivity index (χ4v) is 1.18. The number of benzene rings is 1. The van der Waals surface area contributed by atoms with E-state index >= 15 is 0 Å². The second-order valence-electron chi connectivity index (χ2n) is 3.12. The van der Waals surface area contributed by atoms with Crippen LogP contribution in [0.2, 0.25) is 0 Å². The number of rotatable bonds is 3. The molecule has 0 aliphatic carbocycles. The molecule has 0 saturated heterocycles. The molecule has 6 heteroatoms. The van der Waals surface area contributed by atoms with E-state index in [1.54, 1.807) is 0 Å². The van der Waals surface area contributed by atoms with Gasteiger partial charge in [0.15, 0.2) is 6.10 Å². The first-order valence-corrected chi connectivity index (χ1v) is 4.39. The smallest absolute Gasteiger partial charge is 0.337 e. The maximum absolute atomic E-state index is 13.2. The molecule has 0 heterocycles. The molecule has 0 aliphatic rings. The first-order valence-electron chi connectivity index (χ1n) is 4.39. The number of aliphatic hydroxyl groups excluding tert-OH is 2. The van der Waals surface area contributed by atoms with Crippen molar-refractivity contribution in [1.82, 2.24) is 0 Å². The molecule has 0 fully saturated rings. The largest absolute Gasteiger partial charge is 0.508 e. The summed E-state index contributed by atoms with van der Waals surface area (Å²) in [5.41, 5.74) is -0.296. The predicted molar refractivity (Wildman–Crippen MR) is 51.0 cm³/mol. The van der Waals surface area contributed by atoms with Gasteiger partial charge in [-0.05, 0) is 12.1 Å². The van der Waals surface area contributed by atoms with Crippen LogP contribution in [-0.2, 0) is 9.53 Å². The Balaban J connectivity index is 2.96. The summed E-state index contributed by atoms with van der Waals surface area (Å²) in [4.78, 5) is 10.9. The number of aromatic hydroxyl groups is 1. The quantitative estimate of drug-likeness (QED) is 0.641. The molecular formula is C10H11FO5. The van der Waals surface area contributed by atoms with Crippen LogP contribution in [0.4, 0.5) is 4.39 Å². The normalized spacial score (nSPS) is 14.2. The standard InChI is InChI=1S/C10H11FO5/c1-16-10(15)9(14)8(13)6-3-2-5(12)4-7(6)11/h2-4,8-9,12-14H,1H3. The minimum atomic E-state index is -1.87. The lowest BCUT2D eigenvalue weighted by Crippen LogP contribution is -2.29. The minimum Gasteiger partial charge on any atom is -0.508 e. The van der Waals surface area contributed by atoms with E-state index < -0.39 is 24.0 Å². The van der Waals surface area contributed by atoms with Gasteiger partial charge in [0.05, 0.1) is 7.11 Å². The van der Waals surface area contributed by atoms with E-state index in [-0.39, 0.29) is 11.3 Å². The third-order valence-corrected chi connectivity index (χ3v) is 2.04. The van der Waals surface area contributed by atoms with E-state index in [9.17, 15) is 19.4 Å². The number of ether oxygens (including phenoxy) is 1. The molecule has 2 unspecified atom stereocenters. The number of phenols is 1. The molecule has 0 aromatic heterocycles. The van der Waals surface area contributed by atoms with Crippen molar-refractivity contribution in [3.8, 4) is 5.75 Å². The van der Waals surface area contributed by atoms with Crippen LogP contribution in [0.25, 0.3) is 0 Å². The highest BCUT2D eigenvalue weighted by Gasteiger charge is 2.28. The van der Waals surface area contributed by atoms with Crippen molar-refractivity contribution in [1.29, 1.82) is 0 Å². The molecule has 0 spiro atoms. The van der Waals surface area contributed by atoms with Gasteiger partial charge in [-0.15, -0.1) is 0 Å². The molecule has 0 aliphatic heterocycles. The van der Waals surface area contributed by atoms with Gasteiger partial charge in [0, 0.05) is 11.6 Å². The summed E-state index contributed by atoms with van der Waals surface area (Å²) >= 11 is 0. The Kier molecular flexibility index (Phi) is 3.81. The van der Waals surface area contributed by atoms with Gasteiger partial charge in [-0.2, -0.15) is 0 Å². The van der Waals surface area contributed by atoms with Crippen molar-refractivity contribution in [2.45, 2.75) is 12.2 Å². The van der Waals surface area contributed by atoms with E-state index in [0.29, 0.717) is 0 Å². The zero-order valence-electron chi connectivity index (χ0n) is 8.42. The highest BCUT2D eigenvalue weighted by molar-refractivity contribution is 5.75. The van der Waals surface area contributed by atoms with Crippen LogP contribution in [0.15, 0.2) is 18.2 Å². The Morgan fingerprint density at radius 3 is 2.56 bits per heavy atom. The van der Waals surface area contributed by atoms with Gasteiger partial charge in [0.25, 0.3) is 0 Å². The summed E-state index contributed by atoms with van der Waals surface area (Å²) in [5, 5.41) is 27.7. The number of esters is 1. The van der Waals surface area contributed by atoms with E-state index in [2.05, 4.69) is 4.74 Å². The zero-order chi connectivity index (χ0) is 12.3. The van der Waals surface area contributed by atoms with Crippen molar-refractivity contribution in [3.63, 3.8) is 0 Å². The fraction of sp³-hybridized carbons (Fsp3) is 0.300. The summed E-state index contributed by atoms with van der Waals surface area (Å²) < 4.78 is 17.4. The number of phenolic OH excluding ortho intramolecular Hbond substituents is 1. The molecule has 1 aromatic carbocycles. The second-order valence-corrected chi connectivity index (χ2v) is 3.12. The van der Waals surface area contributed by atoms with Crippen LogP contribution in [0, 0.1) is 5.82 Å². The summed E-state index contributed by atoms with van der Waals surface area (Å²) in [7, 11) is 1.03. The lowest BCUT2D eigenvalue weighted by atomic mass is 10.0. The lowest BCUT2D eigenvalue weighted by Gasteiger charge is -2.16. The number of carbonyl (C=O) groups is 1. The number of halogens is 1. The molecule has 0 amide bonds. The van der Waals surface area contributed by atoms with Crippen LogP contribution < -0.4 is 0 Å². The maximum atomic E-state index is 13.2. The van der Waals surface area contributed by atoms with Gasteiger partial charge in [0.2, 0.25) is 0 Å². The molecule has 16 heavy (non-hydrogen) atoms. The number of carbonyl (C=O) groups excluding carboxylic acids is 1. The van der Waals surface area contributed by atoms with Gasteiger partial charge in [-0.3, -0.25) is 0 Å². The van der Waals surface area contributed by atoms with Crippen molar-refractivity contribution in [2.75, 3.05) is 7.11 Å². The van der Waals surface area contributed by atoms with Crippen LogP contribution in [0.1, 0.15) is 11.7 Å². The van der Waals surface area contributed by atoms with Crippen LogP contribution in [0.3, 0.4) is 0 Å². The molecule has 1 rings (SSSR count). The van der Waals surface area contributed by atoms with E-state index in [4.69, 9.17) is 5.11 Å². The third kappa shape index (κ3) is 2.47. The molecule has 5 nitrogen and oxygen atoms in total. The summed E-state index contributed by atoms with van der Waals surface area (Å²) in [6.07, 6.45) is -3.61. The molecule has 0 bridgehead atoms. The summed E-state index contributed by atoms with van der Waals surface area (Å²) in [6, 6.07) is 2.97. The first-order chi connectivity index (χ1) is 7.47. The van der Waals surface area contributed by atoms with Crippen molar-refractivity contribution < 1.29 is 29.2 Å². The fourth-order valence-electron chi connectivity index (χ4n) is 1.18. The Hall–Kier alpha value is -1.66. The lowest BCUT2D eigenvalue weighted by molar-refractivity contribution is -0.156. The Morgan fingerprint density at radius 2 is 2.06 bits per heavy atom. The Morgan fingerprint density at radius 1 is 1.44 bits per heavy atom. The topological polar surface area (TPSA) is 87.0 Å². The van der Waals surface area contributed by atoms with E-state index in [0.717, 1.165) is 25.3 Å². The van der Waals surface area contributed by atoms with Crippen LogP contribution >= 0.6 is 0 Å². The molecule has 0 radical (unpaired) electrons. The number of hydrogen-bond donors (Lipinski definition) is 3. The number of aliphatic hydroxyl groups is 2. The predicted octanol–water partition coefficient (Wildman–Crippen LogP) is 0.0986. The van der Waals surface area contributed by atoms with Gasteiger partial charge >= 0.3 is 5.97 Å². The van der Waals surface area contributed by atoms with E-state index in [1.807, 2.05) is 0 Å². The summed E-state index contributed by atoms with van der Waals surface area (Å²) in [5.74, 6) is -2.31. The van der Waals surface area contributed by atoms with Gasteiger partial charge in [-0.25, -0.2) is 9.18 Å². The Labute approximate surface area is 90.7 Å². The molecular weight excluding hydrogens is 219 g/mol. The van der Waals surface area contributed by atoms with Crippen LogP contribution in [-0.4, -0.2) is 34.5 Å². The number of hydrogen-bond acceptors (Lipinski definition) is 5. The van der Waals surface area contributed by atoms with E-state index in [1.165, 1.54) is 0 Å². The SMILES string of the molecule is COC(=O)C(O)C(O)c1ccc(O)cc1F. The molecule has 88 valence electrons. The highest BCUT2D eigenvalue weighted by atomic mass is 19.1. The third-order valence-electron chi connectivity index (χ3n) is 2.04. The Bertz CT molecular complexity index is 393. The average Bonchev–Trinajstić information content (AvgIpc) is 2.26. The monoisotopic (exact) mass is 230 g/mol. The molecule has 1 aromatic rings.